The maximum atomic E-state index is 13.2. The van der Waals surface area contributed by atoms with Gasteiger partial charge >= 0.3 is 6.03 Å². The maximum absolute atomic E-state index is 13.2. The van der Waals surface area contributed by atoms with E-state index in [0.29, 0.717) is 30.0 Å². The third-order valence-electron chi connectivity index (χ3n) is 5.86. The number of benzene rings is 3. The van der Waals surface area contributed by atoms with Gasteiger partial charge in [-0.1, -0.05) is 54.6 Å². The van der Waals surface area contributed by atoms with Crippen LogP contribution in [0, 0.1) is 0 Å². The van der Waals surface area contributed by atoms with Crippen molar-refractivity contribution in [2.75, 3.05) is 11.9 Å². The number of aryl methyl sites for hydroxylation is 1. The second kappa shape index (κ2) is 7.85. The molecule has 1 unspecified atom stereocenters. The van der Waals surface area contributed by atoms with Crippen molar-refractivity contribution in [1.29, 1.82) is 0 Å². The Kier molecular flexibility index (Phi) is 4.86. The number of anilines is 1. The molecule has 5 rings (SSSR count). The van der Waals surface area contributed by atoms with E-state index in [9.17, 15) is 14.4 Å². The molecule has 1 fully saturated rings. The summed E-state index contributed by atoms with van der Waals surface area (Å²) >= 11 is 0. The Balaban J connectivity index is 1.32. The molecule has 0 radical (unpaired) electrons. The van der Waals surface area contributed by atoms with Crippen molar-refractivity contribution in [3.63, 3.8) is 0 Å². The summed E-state index contributed by atoms with van der Waals surface area (Å²) in [5.74, 6) is 0.216. The standard InChI is InChI=1S/C25H21N3O4/c29-22(26-20-12-6-7-13-21(20)32-18-9-2-1-3-10-18)16-28-23(30)25(27-24(28)31)15-14-17-8-4-5-11-19(17)25/h1-13H,14-16H2,(H,26,29)(H,27,31). The van der Waals surface area contributed by atoms with Crippen molar-refractivity contribution in [3.05, 3.63) is 90.0 Å². The summed E-state index contributed by atoms with van der Waals surface area (Å²) < 4.78 is 5.86. The van der Waals surface area contributed by atoms with Gasteiger partial charge in [-0.05, 0) is 48.2 Å². The molecule has 0 saturated carbocycles. The minimum atomic E-state index is -1.08. The fourth-order valence-electron chi connectivity index (χ4n) is 4.34. The van der Waals surface area contributed by atoms with Crippen LogP contribution in [0.1, 0.15) is 17.5 Å². The van der Waals surface area contributed by atoms with Crippen molar-refractivity contribution in [1.82, 2.24) is 10.2 Å². The highest BCUT2D eigenvalue weighted by Gasteiger charge is 2.55. The molecule has 32 heavy (non-hydrogen) atoms. The lowest BCUT2D eigenvalue weighted by Crippen LogP contribution is -2.43. The van der Waals surface area contributed by atoms with Crippen LogP contribution in [0.4, 0.5) is 10.5 Å². The Morgan fingerprint density at radius 2 is 1.69 bits per heavy atom. The number of hydrogen-bond donors (Lipinski definition) is 2. The molecule has 3 aromatic carbocycles. The van der Waals surface area contributed by atoms with Gasteiger partial charge in [-0.25, -0.2) is 4.79 Å². The molecule has 7 heteroatoms. The number of carbonyl (C=O) groups is 3. The number of nitrogens with one attached hydrogen (secondary N) is 2. The van der Waals surface area contributed by atoms with Crippen molar-refractivity contribution >= 4 is 23.5 Å². The molecule has 1 aliphatic heterocycles. The number of amides is 4. The number of carbonyl (C=O) groups excluding carboxylic acids is 3. The lowest BCUT2D eigenvalue weighted by atomic mass is 9.92. The molecule has 0 aromatic heterocycles. The number of para-hydroxylation sites is 3. The van der Waals surface area contributed by atoms with Crippen molar-refractivity contribution in [2.45, 2.75) is 18.4 Å². The highest BCUT2D eigenvalue weighted by molar-refractivity contribution is 6.11. The quantitative estimate of drug-likeness (QED) is 0.606. The highest BCUT2D eigenvalue weighted by atomic mass is 16.5. The topological polar surface area (TPSA) is 87.7 Å². The minimum absolute atomic E-state index is 0.381. The van der Waals surface area contributed by atoms with Crippen LogP contribution in [0.5, 0.6) is 11.5 Å². The zero-order valence-corrected chi connectivity index (χ0v) is 17.2. The minimum Gasteiger partial charge on any atom is -0.455 e. The lowest BCUT2D eigenvalue weighted by Gasteiger charge is -2.22. The predicted octanol–water partition coefficient (Wildman–Crippen LogP) is 3.81. The van der Waals surface area contributed by atoms with E-state index < -0.39 is 23.4 Å². The van der Waals surface area contributed by atoms with E-state index in [1.165, 1.54) is 0 Å². The Bertz CT molecular complexity index is 1210. The fraction of sp³-hybridized carbons (Fsp3) is 0.160. The average Bonchev–Trinajstić information content (AvgIpc) is 3.29. The summed E-state index contributed by atoms with van der Waals surface area (Å²) in [6.07, 6.45) is 1.19. The first-order valence-electron chi connectivity index (χ1n) is 10.4. The second-order valence-electron chi connectivity index (χ2n) is 7.84. The first kappa shape index (κ1) is 19.8. The molecule has 1 atom stereocenters. The van der Waals surface area contributed by atoms with Crippen LogP contribution in [-0.2, 0) is 21.5 Å². The molecule has 1 saturated heterocycles. The van der Waals surface area contributed by atoms with Gasteiger partial charge in [0.1, 0.15) is 17.8 Å². The summed E-state index contributed by atoms with van der Waals surface area (Å²) in [5, 5.41) is 5.59. The molecule has 3 aromatic rings. The number of rotatable bonds is 5. The van der Waals surface area contributed by atoms with Gasteiger partial charge in [0.15, 0.2) is 5.75 Å². The summed E-state index contributed by atoms with van der Waals surface area (Å²) in [6, 6.07) is 23.2. The molecule has 2 N–H and O–H groups in total. The van der Waals surface area contributed by atoms with Crippen LogP contribution in [0.3, 0.4) is 0 Å². The van der Waals surface area contributed by atoms with Gasteiger partial charge in [-0.3, -0.25) is 14.5 Å². The summed E-state index contributed by atoms with van der Waals surface area (Å²) in [6.45, 7) is -0.381. The number of hydrogen-bond acceptors (Lipinski definition) is 4. The molecule has 160 valence electrons. The molecule has 7 nitrogen and oxygen atoms in total. The Morgan fingerprint density at radius 1 is 0.969 bits per heavy atom. The van der Waals surface area contributed by atoms with Crippen LogP contribution < -0.4 is 15.4 Å². The molecule has 0 bridgehead atoms. The molecule has 1 heterocycles. The lowest BCUT2D eigenvalue weighted by molar-refractivity contribution is -0.134. The number of nitrogens with zero attached hydrogens (tertiary/aromatic N) is 1. The third kappa shape index (κ3) is 3.37. The fourth-order valence-corrected chi connectivity index (χ4v) is 4.34. The average molecular weight is 427 g/mol. The van der Waals surface area contributed by atoms with E-state index >= 15 is 0 Å². The first-order chi connectivity index (χ1) is 15.6. The Hall–Kier alpha value is -4.13. The summed E-state index contributed by atoms with van der Waals surface area (Å²) in [5.41, 5.74) is 1.22. The Labute approximate surface area is 185 Å². The number of ether oxygens (including phenoxy) is 1. The number of fused-ring (bicyclic) bond motifs is 2. The molecule has 4 amide bonds. The molecule has 1 aliphatic carbocycles. The zero-order chi connectivity index (χ0) is 22.1. The third-order valence-corrected chi connectivity index (χ3v) is 5.86. The van der Waals surface area contributed by atoms with Gasteiger partial charge in [-0.2, -0.15) is 0 Å². The summed E-state index contributed by atoms with van der Waals surface area (Å²) in [4.78, 5) is 39.6. The van der Waals surface area contributed by atoms with E-state index in [-0.39, 0.29) is 6.54 Å². The number of urea groups is 1. The highest BCUT2D eigenvalue weighted by Crippen LogP contribution is 2.41. The van der Waals surface area contributed by atoms with E-state index in [1.807, 2.05) is 54.6 Å². The van der Waals surface area contributed by atoms with E-state index in [4.69, 9.17) is 4.74 Å². The molecule has 1 spiro atoms. The number of imide groups is 1. The van der Waals surface area contributed by atoms with Crippen LogP contribution in [-0.4, -0.2) is 29.3 Å². The van der Waals surface area contributed by atoms with Crippen LogP contribution in [0.2, 0.25) is 0 Å². The van der Waals surface area contributed by atoms with Gasteiger partial charge in [0.25, 0.3) is 5.91 Å². The molecular weight excluding hydrogens is 406 g/mol. The van der Waals surface area contributed by atoms with Crippen LogP contribution in [0.15, 0.2) is 78.9 Å². The smallest absolute Gasteiger partial charge is 0.325 e. The first-order valence-corrected chi connectivity index (χ1v) is 10.4. The van der Waals surface area contributed by atoms with E-state index in [0.717, 1.165) is 16.0 Å². The van der Waals surface area contributed by atoms with Crippen molar-refractivity contribution < 1.29 is 19.1 Å². The van der Waals surface area contributed by atoms with Crippen LogP contribution in [0.25, 0.3) is 0 Å². The maximum Gasteiger partial charge on any atom is 0.325 e. The predicted molar refractivity (Wildman–Crippen MR) is 118 cm³/mol. The van der Waals surface area contributed by atoms with E-state index in [1.54, 1.807) is 24.3 Å². The van der Waals surface area contributed by atoms with Crippen molar-refractivity contribution in [3.8, 4) is 11.5 Å². The van der Waals surface area contributed by atoms with Crippen LogP contribution >= 0.6 is 0 Å². The van der Waals surface area contributed by atoms with Gasteiger partial charge in [-0.15, -0.1) is 0 Å². The van der Waals surface area contributed by atoms with Gasteiger partial charge in [0, 0.05) is 0 Å². The largest absolute Gasteiger partial charge is 0.455 e. The summed E-state index contributed by atoms with van der Waals surface area (Å²) in [7, 11) is 0. The van der Waals surface area contributed by atoms with Gasteiger partial charge in [0.05, 0.1) is 5.69 Å². The molecule has 2 aliphatic rings. The Morgan fingerprint density at radius 3 is 2.53 bits per heavy atom. The SMILES string of the molecule is O=C(CN1C(=O)NC2(CCc3ccccc32)C1=O)Nc1ccccc1Oc1ccccc1. The zero-order valence-electron chi connectivity index (χ0n) is 17.2. The van der Waals surface area contributed by atoms with Gasteiger partial charge in [0.2, 0.25) is 5.91 Å². The monoisotopic (exact) mass is 427 g/mol. The van der Waals surface area contributed by atoms with E-state index in [2.05, 4.69) is 10.6 Å². The normalized spacial score (nSPS) is 19.1. The van der Waals surface area contributed by atoms with Crippen molar-refractivity contribution in [2.24, 2.45) is 0 Å². The van der Waals surface area contributed by atoms with Gasteiger partial charge < -0.3 is 15.4 Å². The molecular formula is C25H21N3O4. The second-order valence-corrected chi connectivity index (χ2v) is 7.84.